The van der Waals surface area contributed by atoms with Gasteiger partial charge in [-0.05, 0) is 11.6 Å². The van der Waals surface area contributed by atoms with Gasteiger partial charge in [-0.25, -0.2) is 4.99 Å². The van der Waals surface area contributed by atoms with Crippen molar-refractivity contribution in [3.8, 4) is 0 Å². The van der Waals surface area contributed by atoms with E-state index in [1.807, 2.05) is 30.3 Å². The van der Waals surface area contributed by atoms with Gasteiger partial charge in [-0.2, -0.15) is 0 Å². The lowest BCUT2D eigenvalue weighted by atomic mass is 10.1. The number of fused-ring (bicyclic) bond motifs is 1. The second kappa shape index (κ2) is 4.42. The van der Waals surface area contributed by atoms with Crippen molar-refractivity contribution in [2.75, 3.05) is 0 Å². The first-order valence-corrected chi connectivity index (χ1v) is 5.73. The summed E-state index contributed by atoms with van der Waals surface area (Å²) in [7, 11) is 0. The average molecular weight is 223 g/mol. The lowest BCUT2D eigenvalue weighted by Crippen LogP contribution is -1.98. The molecule has 0 spiro atoms. The Hall–Kier alpha value is -2.09. The Bertz CT molecular complexity index is 546. The van der Waals surface area contributed by atoms with Crippen molar-refractivity contribution in [2.24, 2.45) is 4.99 Å². The van der Waals surface area contributed by atoms with Crippen LogP contribution in [0.25, 0.3) is 0 Å². The third-order valence-electron chi connectivity index (χ3n) is 2.86. The highest BCUT2D eigenvalue weighted by atomic mass is 16.5. The van der Waals surface area contributed by atoms with Gasteiger partial charge in [0.05, 0.1) is 6.54 Å². The van der Waals surface area contributed by atoms with Crippen LogP contribution in [0, 0.1) is 0 Å². The van der Waals surface area contributed by atoms with E-state index in [-0.39, 0.29) is 0 Å². The van der Waals surface area contributed by atoms with Crippen LogP contribution in [0.1, 0.15) is 16.7 Å². The maximum atomic E-state index is 5.60. The summed E-state index contributed by atoms with van der Waals surface area (Å²) in [5, 5.41) is 0. The highest BCUT2D eigenvalue weighted by Gasteiger charge is 2.17. The third-order valence-corrected chi connectivity index (χ3v) is 2.86. The number of benzene rings is 2. The van der Waals surface area contributed by atoms with Gasteiger partial charge in [0.15, 0.2) is 0 Å². The summed E-state index contributed by atoms with van der Waals surface area (Å²) < 4.78 is 5.60. The van der Waals surface area contributed by atoms with Crippen LogP contribution in [-0.4, -0.2) is 5.90 Å². The normalized spacial score (nSPS) is 15.6. The quantitative estimate of drug-likeness (QED) is 0.766. The lowest BCUT2D eigenvalue weighted by Gasteiger charge is -1.99. The summed E-state index contributed by atoms with van der Waals surface area (Å²) >= 11 is 0. The Kier molecular flexibility index (Phi) is 2.62. The van der Waals surface area contributed by atoms with Gasteiger partial charge in [-0.15, -0.1) is 0 Å². The Labute approximate surface area is 101 Å². The molecular weight excluding hydrogens is 210 g/mol. The fourth-order valence-corrected chi connectivity index (χ4v) is 1.96. The van der Waals surface area contributed by atoms with Crippen molar-refractivity contribution >= 4 is 5.90 Å². The van der Waals surface area contributed by atoms with Gasteiger partial charge >= 0.3 is 0 Å². The van der Waals surface area contributed by atoms with Gasteiger partial charge < -0.3 is 4.74 Å². The monoisotopic (exact) mass is 223 g/mol. The molecule has 0 fully saturated rings. The minimum absolute atomic E-state index is 0.643. The molecular formula is C15H13NO. The van der Waals surface area contributed by atoms with E-state index < -0.39 is 0 Å². The minimum Gasteiger partial charge on any atom is -0.473 e. The fourth-order valence-electron chi connectivity index (χ4n) is 1.96. The molecule has 2 nitrogen and oxygen atoms in total. The maximum absolute atomic E-state index is 5.60. The summed E-state index contributed by atoms with van der Waals surface area (Å²) in [6, 6.07) is 18.4. The van der Waals surface area contributed by atoms with Gasteiger partial charge in [0.2, 0.25) is 5.90 Å². The van der Waals surface area contributed by atoms with E-state index in [0.717, 1.165) is 11.5 Å². The van der Waals surface area contributed by atoms with Gasteiger partial charge in [-0.3, -0.25) is 0 Å². The molecule has 3 rings (SSSR count). The molecule has 1 aliphatic heterocycles. The SMILES string of the molecule is c1ccc(CN=C2OCc3ccccc32)cc1. The van der Waals surface area contributed by atoms with Crippen LogP contribution in [0.2, 0.25) is 0 Å². The molecule has 0 aliphatic carbocycles. The van der Waals surface area contributed by atoms with E-state index in [4.69, 9.17) is 4.74 Å². The number of aliphatic imine (C=N–C) groups is 1. The zero-order chi connectivity index (χ0) is 11.5. The van der Waals surface area contributed by atoms with E-state index in [2.05, 4.69) is 29.3 Å². The number of rotatable bonds is 2. The zero-order valence-corrected chi connectivity index (χ0v) is 9.47. The molecule has 0 amide bonds. The molecule has 84 valence electrons. The van der Waals surface area contributed by atoms with Crippen LogP contribution in [0.5, 0.6) is 0 Å². The molecule has 0 radical (unpaired) electrons. The van der Waals surface area contributed by atoms with Crippen molar-refractivity contribution in [1.29, 1.82) is 0 Å². The van der Waals surface area contributed by atoms with Crippen LogP contribution in [0.4, 0.5) is 0 Å². The van der Waals surface area contributed by atoms with Gasteiger partial charge in [0, 0.05) is 11.1 Å². The van der Waals surface area contributed by atoms with Gasteiger partial charge in [0.25, 0.3) is 0 Å². The minimum atomic E-state index is 0.643. The molecule has 2 heteroatoms. The van der Waals surface area contributed by atoms with E-state index in [1.165, 1.54) is 11.1 Å². The number of nitrogens with zero attached hydrogens (tertiary/aromatic N) is 1. The number of hydrogen-bond donors (Lipinski definition) is 0. The van der Waals surface area contributed by atoms with Crippen LogP contribution in [0.3, 0.4) is 0 Å². The molecule has 1 heterocycles. The van der Waals surface area contributed by atoms with Crippen LogP contribution >= 0.6 is 0 Å². The van der Waals surface area contributed by atoms with Crippen molar-refractivity contribution in [2.45, 2.75) is 13.2 Å². The molecule has 2 aromatic rings. The van der Waals surface area contributed by atoms with E-state index in [9.17, 15) is 0 Å². The lowest BCUT2D eigenvalue weighted by molar-refractivity contribution is 0.311. The van der Waals surface area contributed by atoms with Gasteiger partial charge in [0.1, 0.15) is 6.61 Å². The standard InChI is InChI=1S/C15H13NO/c1-2-6-12(7-3-1)10-16-15-14-9-5-4-8-13(14)11-17-15/h1-9H,10-11H2. The van der Waals surface area contributed by atoms with Crippen LogP contribution in [-0.2, 0) is 17.9 Å². The summed E-state index contributed by atoms with van der Waals surface area (Å²) in [6.45, 7) is 1.31. The third kappa shape index (κ3) is 2.07. The van der Waals surface area contributed by atoms with E-state index in [0.29, 0.717) is 13.2 Å². The largest absolute Gasteiger partial charge is 0.473 e. The van der Waals surface area contributed by atoms with Crippen molar-refractivity contribution < 1.29 is 4.74 Å². The molecule has 0 saturated heterocycles. The van der Waals surface area contributed by atoms with E-state index in [1.54, 1.807) is 0 Å². The van der Waals surface area contributed by atoms with Crippen molar-refractivity contribution in [3.63, 3.8) is 0 Å². The first-order valence-electron chi connectivity index (χ1n) is 5.73. The van der Waals surface area contributed by atoms with E-state index >= 15 is 0 Å². The zero-order valence-electron chi connectivity index (χ0n) is 9.47. The molecule has 2 aromatic carbocycles. The Balaban J connectivity index is 1.83. The molecule has 17 heavy (non-hydrogen) atoms. The molecule has 0 atom stereocenters. The smallest absolute Gasteiger partial charge is 0.217 e. The van der Waals surface area contributed by atoms with Crippen molar-refractivity contribution in [3.05, 3.63) is 71.3 Å². The highest BCUT2D eigenvalue weighted by molar-refractivity contribution is 5.97. The Morgan fingerprint density at radius 1 is 0.941 bits per heavy atom. The predicted octanol–water partition coefficient (Wildman–Crippen LogP) is 3.16. The van der Waals surface area contributed by atoms with Crippen LogP contribution < -0.4 is 0 Å². The molecule has 0 saturated carbocycles. The number of hydrogen-bond acceptors (Lipinski definition) is 2. The average Bonchev–Trinajstić information content (AvgIpc) is 2.81. The Morgan fingerprint density at radius 2 is 1.71 bits per heavy atom. The second-order valence-corrected chi connectivity index (χ2v) is 4.05. The molecule has 0 bridgehead atoms. The fraction of sp³-hybridized carbons (Fsp3) is 0.133. The topological polar surface area (TPSA) is 21.6 Å². The van der Waals surface area contributed by atoms with Crippen molar-refractivity contribution in [1.82, 2.24) is 0 Å². The first kappa shape index (κ1) is 10.1. The number of ether oxygens (including phenoxy) is 1. The summed E-state index contributed by atoms with van der Waals surface area (Å²) in [6.07, 6.45) is 0. The predicted molar refractivity (Wildman–Crippen MR) is 67.9 cm³/mol. The molecule has 1 aliphatic rings. The first-order chi connectivity index (χ1) is 8.43. The Morgan fingerprint density at radius 3 is 2.59 bits per heavy atom. The molecule has 0 unspecified atom stereocenters. The molecule has 0 aromatic heterocycles. The maximum Gasteiger partial charge on any atom is 0.217 e. The highest BCUT2D eigenvalue weighted by Crippen LogP contribution is 2.20. The van der Waals surface area contributed by atoms with Crippen LogP contribution in [0.15, 0.2) is 59.6 Å². The summed E-state index contributed by atoms with van der Waals surface area (Å²) in [4.78, 5) is 4.53. The second-order valence-electron chi connectivity index (χ2n) is 4.05. The van der Waals surface area contributed by atoms with Gasteiger partial charge in [-0.1, -0.05) is 48.5 Å². The summed E-state index contributed by atoms with van der Waals surface area (Å²) in [5.41, 5.74) is 3.55. The summed E-state index contributed by atoms with van der Waals surface area (Å²) in [5.74, 6) is 0.768. The molecule has 0 N–H and O–H groups in total.